The van der Waals surface area contributed by atoms with Gasteiger partial charge in [0.1, 0.15) is 23.0 Å². The molecule has 4 aromatic carbocycles. The third-order valence-corrected chi connectivity index (χ3v) is 7.64. The van der Waals surface area contributed by atoms with E-state index >= 15 is 0 Å². The van der Waals surface area contributed by atoms with Gasteiger partial charge in [0, 0.05) is 6.08 Å². The molecule has 0 bridgehead atoms. The number of carbonyl (C=O) groups is 2. The van der Waals surface area contributed by atoms with Crippen molar-refractivity contribution in [1.82, 2.24) is 0 Å². The molecule has 0 N–H and O–H groups in total. The third kappa shape index (κ3) is 12.7. The van der Waals surface area contributed by atoms with Crippen LogP contribution in [0, 0.1) is 0 Å². The third-order valence-electron chi connectivity index (χ3n) is 7.64. The van der Waals surface area contributed by atoms with Crippen molar-refractivity contribution in [3.8, 4) is 23.0 Å². The Bertz CT molecular complexity index is 1660. The molecule has 4 rings (SSSR count). The lowest BCUT2D eigenvalue weighted by atomic mass is 10.0. The van der Waals surface area contributed by atoms with Crippen LogP contribution >= 0.6 is 0 Å². The second-order valence-corrected chi connectivity index (χ2v) is 11.5. The summed E-state index contributed by atoms with van der Waals surface area (Å²) in [6, 6.07) is 21.2. The summed E-state index contributed by atoms with van der Waals surface area (Å²) >= 11 is 0. The molecule has 0 spiro atoms. The summed E-state index contributed by atoms with van der Waals surface area (Å²) in [5.74, 6) is -0.394. The molecule has 0 saturated heterocycles. The molecule has 0 fully saturated rings. The van der Waals surface area contributed by atoms with Crippen molar-refractivity contribution in [2.24, 2.45) is 0 Å². The van der Waals surface area contributed by atoms with E-state index in [0.29, 0.717) is 30.1 Å². The van der Waals surface area contributed by atoms with Gasteiger partial charge in [-0.25, -0.2) is 9.59 Å². The first-order valence-electron chi connectivity index (χ1n) is 16.3. The topological polar surface area (TPSA) is 80.3 Å². The number of hydrogen-bond donors (Lipinski definition) is 0. The Morgan fingerprint density at radius 2 is 1.02 bits per heavy atom. The quantitative estimate of drug-likeness (QED) is 0.0332. The summed E-state index contributed by atoms with van der Waals surface area (Å²) in [5.41, 5.74) is -0.724. The Morgan fingerprint density at radius 3 is 1.50 bits per heavy atom. The molecule has 52 heavy (non-hydrogen) atoms. The molecule has 0 aliphatic rings. The molecule has 0 heterocycles. The van der Waals surface area contributed by atoms with Crippen LogP contribution in [0.4, 0.5) is 26.3 Å². The van der Waals surface area contributed by atoms with Crippen LogP contribution in [-0.2, 0) is 21.9 Å². The average Bonchev–Trinajstić information content (AvgIpc) is 3.13. The van der Waals surface area contributed by atoms with Crippen LogP contribution in [0.1, 0.15) is 58.6 Å². The minimum absolute atomic E-state index is 0.0488. The van der Waals surface area contributed by atoms with Gasteiger partial charge >= 0.3 is 24.3 Å². The zero-order valence-corrected chi connectivity index (χ0v) is 27.9. The smallest absolute Gasteiger partial charge is 0.416 e. The van der Waals surface area contributed by atoms with Gasteiger partial charge in [0.15, 0.2) is 0 Å². The highest BCUT2D eigenvalue weighted by Gasteiger charge is 2.31. The largest absolute Gasteiger partial charge is 0.494 e. The minimum atomic E-state index is -4.51. The van der Waals surface area contributed by atoms with E-state index in [1.807, 2.05) is 0 Å². The number of carbonyl (C=O) groups excluding carboxylic acids is 2. The van der Waals surface area contributed by atoms with Gasteiger partial charge in [-0.2, -0.15) is 26.3 Å². The van der Waals surface area contributed by atoms with Gasteiger partial charge in [0.25, 0.3) is 0 Å². The van der Waals surface area contributed by atoms with Crippen molar-refractivity contribution in [3.63, 3.8) is 0 Å². The molecule has 4 aromatic rings. The van der Waals surface area contributed by atoms with Crippen molar-refractivity contribution in [1.29, 1.82) is 0 Å². The number of alkyl halides is 6. The van der Waals surface area contributed by atoms with Gasteiger partial charge in [-0.15, -0.1) is 0 Å². The average molecular weight is 731 g/mol. The van der Waals surface area contributed by atoms with E-state index in [-0.39, 0.29) is 30.5 Å². The van der Waals surface area contributed by atoms with Crippen molar-refractivity contribution in [2.75, 3.05) is 26.4 Å². The maximum atomic E-state index is 13.0. The second-order valence-electron chi connectivity index (χ2n) is 11.5. The summed E-state index contributed by atoms with van der Waals surface area (Å²) in [7, 11) is 0. The van der Waals surface area contributed by atoms with Crippen molar-refractivity contribution in [3.05, 3.63) is 132 Å². The Balaban J connectivity index is 1.32. The summed E-state index contributed by atoms with van der Waals surface area (Å²) in [4.78, 5) is 23.8. The number of hydrogen-bond acceptors (Lipinski definition) is 7. The van der Waals surface area contributed by atoms with Crippen LogP contribution in [-0.4, -0.2) is 38.4 Å². The van der Waals surface area contributed by atoms with Gasteiger partial charge in [-0.1, -0.05) is 18.7 Å². The number of benzene rings is 4. The first-order chi connectivity index (χ1) is 24.8. The first kappa shape index (κ1) is 39.3. The summed E-state index contributed by atoms with van der Waals surface area (Å²) < 4.78 is 106. The highest BCUT2D eigenvalue weighted by atomic mass is 19.4. The maximum absolute atomic E-state index is 13.0. The number of halogens is 6. The second kappa shape index (κ2) is 18.7. The zero-order valence-electron chi connectivity index (χ0n) is 27.9. The molecule has 0 unspecified atom stereocenters. The predicted octanol–water partition coefficient (Wildman–Crippen LogP) is 9.85. The lowest BCUT2D eigenvalue weighted by molar-refractivity contribution is -0.138. The number of unbranched alkanes of at least 4 members (excludes halogenated alkanes) is 3. The zero-order chi connectivity index (χ0) is 37.6. The highest BCUT2D eigenvalue weighted by Crippen LogP contribution is 2.32. The molecule has 7 nitrogen and oxygen atoms in total. The van der Waals surface area contributed by atoms with Crippen LogP contribution in [0.2, 0.25) is 0 Å². The van der Waals surface area contributed by atoms with E-state index < -0.39 is 41.3 Å². The fourth-order valence-corrected chi connectivity index (χ4v) is 4.76. The Morgan fingerprint density at radius 1 is 0.577 bits per heavy atom. The summed E-state index contributed by atoms with van der Waals surface area (Å²) in [5, 5.41) is 0. The first-order valence-corrected chi connectivity index (χ1v) is 16.3. The summed E-state index contributed by atoms with van der Waals surface area (Å²) in [6.07, 6.45) is -4.55. The van der Waals surface area contributed by atoms with Crippen LogP contribution in [0.5, 0.6) is 23.0 Å². The van der Waals surface area contributed by atoms with E-state index in [1.54, 1.807) is 48.5 Å². The van der Waals surface area contributed by atoms with Crippen molar-refractivity contribution < 1.29 is 59.6 Å². The van der Waals surface area contributed by atoms with E-state index in [1.165, 1.54) is 24.3 Å². The molecule has 0 aromatic heterocycles. The van der Waals surface area contributed by atoms with Gasteiger partial charge in [0.2, 0.25) is 0 Å². The van der Waals surface area contributed by atoms with Gasteiger partial charge in [0.05, 0.1) is 49.0 Å². The van der Waals surface area contributed by atoms with Gasteiger partial charge in [-0.3, -0.25) is 0 Å². The maximum Gasteiger partial charge on any atom is 0.416 e. The SMILES string of the molecule is C=CC(=O)OCCCCCCOc1ccc(C(=O)Oc2ccc(C(COc3ccc(C(F)(F)F)cc3)COc3ccc(C(F)(F)F)cc3)cc2)cc1. The molecule has 276 valence electrons. The minimum Gasteiger partial charge on any atom is -0.494 e. The van der Waals surface area contributed by atoms with E-state index in [4.69, 9.17) is 23.7 Å². The standard InChI is InChI=1S/C39H36F6O7/c1-2-36(46)49-24-6-4-3-5-23-48-32-15-9-28(10-16-32)37(47)52-35-17-7-27(8-18-35)29(25-50-33-19-11-30(12-20-33)38(40,41)42)26-51-34-21-13-31(14-22-34)39(43,44)45/h2,7-22,29H,1,3-6,23-26H2. The van der Waals surface area contributed by atoms with Gasteiger partial charge in [-0.05, 0) is 116 Å². The Hall–Kier alpha value is -5.46. The van der Waals surface area contributed by atoms with Crippen LogP contribution in [0.3, 0.4) is 0 Å². The van der Waals surface area contributed by atoms with Crippen LogP contribution in [0.15, 0.2) is 110 Å². The Kier molecular flexibility index (Phi) is 14.1. The monoisotopic (exact) mass is 730 g/mol. The molecule has 0 atom stereocenters. The molecule has 0 radical (unpaired) electrons. The van der Waals surface area contributed by atoms with Crippen LogP contribution < -0.4 is 18.9 Å². The van der Waals surface area contributed by atoms with E-state index in [0.717, 1.165) is 56.0 Å². The molecule has 13 heteroatoms. The molecule has 0 saturated carbocycles. The lowest BCUT2D eigenvalue weighted by Crippen LogP contribution is -2.18. The molecule has 0 amide bonds. The predicted molar refractivity (Wildman–Crippen MR) is 180 cm³/mol. The number of ether oxygens (including phenoxy) is 5. The van der Waals surface area contributed by atoms with Crippen LogP contribution in [0.25, 0.3) is 0 Å². The normalized spacial score (nSPS) is 11.5. The molecular weight excluding hydrogens is 694 g/mol. The number of esters is 2. The van der Waals surface area contributed by atoms with Crippen molar-refractivity contribution >= 4 is 11.9 Å². The molecule has 0 aliphatic heterocycles. The number of rotatable bonds is 18. The molecule has 0 aliphatic carbocycles. The van der Waals surface area contributed by atoms with Crippen molar-refractivity contribution in [2.45, 2.75) is 44.0 Å². The van der Waals surface area contributed by atoms with E-state index in [9.17, 15) is 35.9 Å². The molecular formula is C39H36F6O7. The Labute approximate surface area is 296 Å². The summed E-state index contributed by atoms with van der Waals surface area (Å²) in [6.45, 7) is 4.08. The van der Waals surface area contributed by atoms with E-state index in [2.05, 4.69) is 6.58 Å². The van der Waals surface area contributed by atoms with Gasteiger partial charge < -0.3 is 23.7 Å². The fraction of sp³-hybridized carbons (Fsp3) is 0.282. The lowest BCUT2D eigenvalue weighted by Gasteiger charge is -2.20. The fourth-order valence-electron chi connectivity index (χ4n) is 4.76. The highest BCUT2D eigenvalue weighted by molar-refractivity contribution is 5.91.